The average molecular weight is 162 g/mol. The molecule has 0 saturated carbocycles. The number of nitrogens with one attached hydrogen (secondary N) is 2. The zero-order chi connectivity index (χ0) is 7.56. The molecule has 0 fully saturated rings. The largest absolute Gasteiger partial charge is 0.304 e. The molecule has 1 amide bonds. The number of rotatable bonds is 1. The van der Waals surface area contributed by atoms with E-state index in [1.54, 1.807) is 0 Å². The van der Waals surface area contributed by atoms with Crippen LogP contribution in [0.2, 0.25) is 5.28 Å². The number of hydrogen-bond donors (Lipinski definition) is 3. The Morgan fingerprint density at radius 2 is 2.50 bits per heavy atom. The summed E-state index contributed by atoms with van der Waals surface area (Å²) in [6, 6.07) is 0. The maximum absolute atomic E-state index is 10.6. The third kappa shape index (κ3) is 1.23. The van der Waals surface area contributed by atoms with Crippen LogP contribution in [-0.4, -0.2) is 21.1 Å². The summed E-state index contributed by atoms with van der Waals surface area (Å²) in [5, 5.41) is 5.75. The molecule has 7 heteroatoms. The maximum atomic E-state index is 10.6. The lowest BCUT2D eigenvalue weighted by atomic mass is 10.6. The molecule has 0 saturated heterocycles. The molecule has 0 aliphatic heterocycles. The summed E-state index contributed by atoms with van der Waals surface area (Å²) >= 11 is 5.31. The molecular weight excluding hydrogens is 158 g/mol. The van der Waals surface area contributed by atoms with E-state index in [9.17, 15) is 4.79 Å². The normalized spacial score (nSPS) is 9.40. The second kappa shape index (κ2) is 2.63. The molecule has 6 nitrogen and oxygen atoms in total. The molecule has 0 radical (unpaired) electrons. The van der Waals surface area contributed by atoms with Crippen LogP contribution in [0.25, 0.3) is 0 Å². The van der Waals surface area contributed by atoms with E-state index < -0.39 is 5.91 Å². The van der Waals surface area contributed by atoms with Crippen molar-refractivity contribution in [2.24, 2.45) is 5.84 Å². The van der Waals surface area contributed by atoms with E-state index in [0.717, 1.165) is 0 Å². The highest BCUT2D eigenvalue weighted by atomic mass is 35.5. The lowest BCUT2D eigenvalue weighted by molar-refractivity contribution is 0.0943. The Morgan fingerprint density at radius 3 is 2.90 bits per heavy atom. The van der Waals surface area contributed by atoms with Crippen molar-refractivity contribution in [2.45, 2.75) is 0 Å². The molecular formula is C3H4ClN5O. The summed E-state index contributed by atoms with van der Waals surface area (Å²) in [5.41, 5.74) is 1.85. The maximum Gasteiger partial charge on any atom is 0.304 e. The Labute approximate surface area is 60.7 Å². The Kier molecular flexibility index (Phi) is 1.83. The minimum Gasteiger partial charge on any atom is -0.287 e. The van der Waals surface area contributed by atoms with Gasteiger partial charge in [-0.2, -0.15) is 4.98 Å². The second-order valence-electron chi connectivity index (χ2n) is 1.42. The molecule has 0 bridgehead atoms. The lowest BCUT2D eigenvalue weighted by Crippen LogP contribution is -2.30. The number of halogens is 1. The van der Waals surface area contributed by atoms with Crippen molar-refractivity contribution < 1.29 is 4.79 Å². The highest BCUT2D eigenvalue weighted by Gasteiger charge is 2.08. The van der Waals surface area contributed by atoms with Gasteiger partial charge in [-0.25, -0.2) is 10.9 Å². The predicted molar refractivity (Wildman–Crippen MR) is 33.0 cm³/mol. The van der Waals surface area contributed by atoms with Gasteiger partial charge >= 0.3 is 5.91 Å². The van der Waals surface area contributed by atoms with Crippen LogP contribution in [0.3, 0.4) is 0 Å². The van der Waals surface area contributed by atoms with Crippen molar-refractivity contribution in [2.75, 3.05) is 0 Å². The number of carbonyl (C=O) groups is 1. The topological polar surface area (TPSA) is 96.7 Å². The summed E-state index contributed by atoms with van der Waals surface area (Å²) in [6.45, 7) is 0. The van der Waals surface area contributed by atoms with Crippen molar-refractivity contribution >= 4 is 17.5 Å². The van der Waals surface area contributed by atoms with Gasteiger partial charge in [0.2, 0.25) is 11.1 Å². The van der Waals surface area contributed by atoms with Crippen molar-refractivity contribution in [1.29, 1.82) is 0 Å². The molecule has 0 unspecified atom stereocenters. The van der Waals surface area contributed by atoms with E-state index in [4.69, 9.17) is 17.4 Å². The summed E-state index contributed by atoms with van der Waals surface area (Å²) in [6.07, 6.45) is 0. The minimum atomic E-state index is -0.580. The van der Waals surface area contributed by atoms with Crippen LogP contribution in [0.4, 0.5) is 0 Å². The van der Waals surface area contributed by atoms with Crippen molar-refractivity contribution in [3.05, 3.63) is 11.1 Å². The van der Waals surface area contributed by atoms with E-state index in [-0.39, 0.29) is 11.1 Å². The number of nitrogens with zero attached hydrogens (tertiary/aromatic N) is 2. The number of H-pyrrole nitrogens is 1. The smallest absolute Gasteiger partial charge is 0.287 e. The lowest BCUT2D eigenvalue weighted by Gasteiger charge is -1.88. The summed E-state index contributed by atoms with van der Waals surface area (Å²) in [7, 11) is 0. The first-order valence-corrected chi connectivity index (χ1v) is 2.70. The first-order chi connectivity index (χ1) is 4.74. The van der Waals surface area contributed by atoms with Gasteiger partial charge in [0.05, 0.1) is 0 Å². The minimum absolute atomic E-state index is 0.0543. The molecule has 1 aromatic heterocycles. The summed E-state index contributed by atoms with van der Waals surface area (Å²) in [5.74, 6) is 4.12. The Balaban J connectivity index is 2.85. The van der Waals surface area contributed by atoms with Crippen LogP contribution in [-0.2, 0) is 0 Å². The average Bonchev–Trinajstić information content (AvgIpc) is 2.34. The van der Waals surface area contributed by atoms with E-state index in [1.807, 2.05) is 5.43 Å². The number of carbonyl (C=O) groups excluding carboxylic acids is 1. The van der Waals surface area contributed by atoms with Gasteiger partial charge in [0.1, 0.15) is 0 Å². The van der Waals surface area contributed by atoms with Crippen LogP contribution in [0.15, 0.2) is 0 Å². The summed E-state index contributed by atoms with van der Waals surface area (Å²) in [4.78, 5) is 14.1. The molecule has 0 aliphatic rings. The van der Waals surface area contributed by atoms with Gasteiger partial charge in [0.15, 0.2) is 0 Å². The zero-order valence-electron chi connectivity index (χ0n) is 4.76. The number of aromatic nitrogens is 3. The molecule has 0 aliphatic carbocycles. The van der Waals surface area contributed by atoms with Gasteiger partial charge in [-0.05, 0) is 11.6 Å². The first kappa shape index (κ1) is 6.97. The molecule has 10 heavy (non-hydrogen) atoms. The fourth-order valence-corrected chi connectivity index (χ4v) is 0.530. The SMILES string of the molecule is NNC(=O)c1n[nH]c(Cl)n1. The molecule has 54 valence electrons. The van der Waals surface area contributed by atoms with Crippen LogP contribution in [0.1, 0.15) is 10.6 Å². The number of amides is 1. The van der Waals surface area contributed by atoms with Gasteiger partial charge in [-0.1, -0.05) is 0 Å². The van der Waals surface area contributed by atoms with E-state index in [2.05, 4.69) is 15.2 Å². The fourth-order valence-electron chi connectivity index (χ4n) is 0.408. The molecule has 4 N–H and O–H groups in total. The molecule has 0 spiro atoms. The Bertz CT molecular complexity index is 245. The summed E-state index contributed by atoms with van der Waals surface area (Å²) < 4.78 is 0. The Morgan fingerprint density at radius 1 is 1.80 bits per heavy atom. The highest BCUT2D eigenvalue weighted by molar-refractivity contribution is 6.28. The van der Waals surface area contributed by atoms with Gasteiger partial charge in [0, 0.05) is 0 Å². The number of hydrogen-bond acceptors (Lipinski definition) is 4. The van der Waals surface area contributed by atoms with Crippen molar-refractivity contribution in [3.8, 4) is 0 Å². The Hall–Kier alpha value is -1.14. The van der Waals surface area contributed by atoms with Gasteiger partial charge in [0.25, 0.3) is 0 Å². The molecule has 1 rings (SSSR count). The third-order valence-corrected chi connectivity index (χ3v) is 0.961. The third-order valence-electron chi connectivity index (χ3n) is 0.792. The van der Waals surface area contributed by atoms with Crippen LogP contribution < -0.4 is 11.3 Å². The number of hydrazine groups is 1. The predicted octanol–water partition coefficient (Wildman–Crippen LogP) is -0.938. The molecule has 1 heterocycles. The monoisotopic (exact) mass is 161 g/mol. The van der Waals surface area contributed by atoms with E-state index >= 15 is 0 Å². The second-order valence-corrected chi connectivity index (χ2v) is 1.78. The van der Waals surface area contributed by atoms with Gasteiger partial charge in [-0.3, -0.25) is 10.2 Å². The van der Waals surface area contributed by atoms with E-state index in [1.165, 1.54) is 0 Å². The molecule has 1 aromatic rings. The van der Waals surface area contributed by atoms with Crippen molar-refractivity contribution in [1.82, 2.24) is 20.6 Å². The zero-order valence-corrected chi connectivity index (χ0v) is 5.51. The molecule has 0 atom stereocenters. The van der Waals surface area contributed by atoms with Gasteiger partial charge < -0.3 is 0 Å². The van der Waals surface area contributed by atoms with Crippen molar-refractivity contribution in [3.63, 3.8) is 0 Å². The number of nitrogen functional groups attached to an aromatic ring is 1. The van der Waals surface area contributed by atoms with Gasteiger partial charge in [-0.15, -0.1) is 5.10 Å². The number of aromatic amines is 1. The highest BCUT2D eigenvalue weighted by Crippen LogP contribution is 1.97. The standard InChI is InChI=1S/C3H4ClN5O/c4-3-6-1(8-9-3)2(10)7-5/h5H2,(H,7,10)(H,6,8,9). The quantitative estimate of drug-likeness (QED) is 0.281. The van der Waals surface area contributed by atoms with Crippen LogP contribution in [0, 0.1) is 0 Å². The van der Waals surface area contributed by atoms with Crippen LogP contribution >= 0.6 is 11.6 Å². The first-order valence-electron chi connectivity index (χ1n) is 2.33. The molecule has 0 aromatic carbocycles. The van der Waals surface area contributed by atoms with Crippen LogP contribution in [0.5, 0.6) is 0 Å². The fraction of sp³-hybridized carbons (Fsp3) is 0. The number of nitrogens with two attached hydrogens (primary N) is 1. The van der Waals surface area contributed by atoms with E-state index in [0.29, 0.717) is 0 Å².